The summed E-state index contributed by atoms with van der Waals surface area (Å²) in [5.41, 5.74) is 0.956. The fraction of sp³-hybridized carbons (Fsp3) is 0.429. The van der Waals surface area contributed by atoms with Gasteiger partial charge in [-0.25, -0.2) is 19.9 Å². The van der Waals surface area contributed by atoms with Gasteiger partial charge in [-0.05, 0) is 38.1 Å². The second-order valence-corrected chi connectivity index (χ2v) is 5.36. The zero-order chi connectivity index (χ0) is 14.4. The van der Waals surface area contributed by atoms with Crippen LogP contribution in [0.5, 0.6) is 0 Å². The van der Waals surface area contributed by atoms with E-state index in [2.05, 4.69) is 39.1 Å². The average molecular weight is 289 g/mol. The molecule has 0 spiro atoms. The van der Waals surface area contributed by atoms with Crippen molar-refractivity contribution in [1.82, 2.24) is 19.9 Å². The van der Waals surface area contributed by atoms with Gasteiger partial charge in [-0.1, -0.05) is 6.92 Å². The van der Waals surface area contributed by atoms with Crippen LogP contribution in [-0.4, -0.2) is 26.5 Å². The van der Waals surface area contributed by atoms with Crippen LogP contribution in [-0.2, 0) is 6.42 Å². The maximum Gasteiger partial charge on any atom is 0.194 e. The average Bonchev–Trinajstić information content (AvgIpc) is 2.39. The molecule has 2 aromatic heterocycles. The van der Waals surface area contributed by atoms with E-state index in [1.54, 1.807) is 6.20 Å². The van der Waals surface area contributed by atoms with Gasteiger partial charge in [-0.15, -0.1) is 0 Å². The highest BCUT2D eigenvalue weighted by Crippen LogP contribution is 2.24. The number of anilines is 1. The minimum absolute atomic E-state index is 0.716. The van der Waals surface area contributed by atoms with E-state index in [0.29, 0.717) is 5.16 Å². The van der Waals surface area contributed by atoms with E-state index in [4.69, 9.17) is 0 Å². The first-order chi connectivity index (χ1) is 9.71. The molecular weight excluding hydrogens is 270 g/mol. The van der Waals surface area contributed by atoms with Crippen LogP contribution >= 0.6 is 11.8 Å². The SMILES string of the molecule is CCCc1nc(NCC)cc(Sc2nccc(C)n2)n1. The molecule has 0 aliphatic carbocycles. The first kappa shape index (κ1) is 14.7. The van der Waals surface area contributed by atoms with E-state index in [9.17, 15) is 0 Å². The Kier molecular flexibility index (Phi) is 5.29. The highest BCUT2D eigenvalue weighted by Gasteiger charge is 2.07. The van der Waals surface area contributed by atoms with Crippen molar-refractivity contribution in [2.45, 2.75) is 43.8 Å². The van der Waals surface area contributed by atoms with E-state index < -0.39 is 0 Å². The zero-order valence-corrected chi connectivity index (χ0v) is 12.9. The Morgan fingerprint density at radius 3 is 2.75 bits per heavy atom. The molecule has 106 valence electrons. The van der Waals surface area contributed by atoms with Crippen LogP contribution in [0.25, 0.3) is 0 Å². The Bertz CT molecular complexity index is 549. The molecular formula is C14H19N5S. The molecule has 20 heavy (non-hydrogen) atoms. The maximum atomic E-state index is 4.56. The van der Waals surface area contributed by atoms with Crippen LogP contribution in [0, 0.1) is 6.92 Å². The van der Waals surface area contributed by atoms with Gasteiger partial charge in [0.1, 0.15) is 16.7 Å². The lowest BCUT2D eigenvalue weighted by Crippen LogP contribution is -2.04. The second-order valence-electron chi connectivity index (χ2n) is 4.37. The molecule has 0 saturated heterocycles. The molecule has 5 nitrogen and oxygen atoms in total. The first-order valence-electron chi connectivity index (χ1n) is 6.80. The summed E-state index contributed by atoms with van der Waals surface area (Å²) in [6.45, 7) is 6.98. The molecule has 6 heteroatoms. The molecule has 0 bridgehead atoms. The van der Waals surface area contributed by atoms with Gasteiger partial charge in [0.25, 0.3) is 0 Å². The van der Waals surface area contributed by atoms with E-state index in [0.717, 1.165) is 41.7 Å². The second kappa shape index (κ2) is 7.19. The Balaban J connectivity index is 2.25. The van der Waals surface area contributed by atoms with Gasteiger partial charge in [0.05, 0.1) is 0 Å². The summed E-state index contributed by atoms with van der Waals surface area (Å²) in [5, 5.41) is 4.83. The summed E-state index contributed by atoms with van der Waals surface area (Å²) in [5.74, 6) is 1.72. The van der Waals surface area contributed by atoms with Gasteiger partial charge in [0, 0.05) is 30.9 Å². The molecule has 0 amide bonds. The largest absolute Gasteiger partial charge is 0.370 e. The normalized spacial score (nSPS) is 10.6. The zero-order valence-electron chi connectivity index (χ0n) is 12.1. The molecule has 2 aromatic rings. The maximum absolute atomic E-state index is 4.56. The van der Waals surface area contributed by atoms with Crippen LogP contribution in [0.1, 0.15) is 31.8 Å². The molecule has 2 heterocycles. The topological polar surface area (TPSA) is 63.6 Å². The Labute approximate surface area is 123 Å². The molecule has 0 radical (unpaired) electrons. The summed E-state index contributed by atoms with van der Waals surface area (Å²) >= 11 is 1.47. The van der Waals surface area contributed by atoms with Crippen molar-refractivity contribution in [3.63, 3.8) is 0 Å². The number of nitrogens with zero attached hydrogens (tertiary/aromatic N) is 4. The molecule has 0 atom stereocenters. The number of nitrogens with one attached hydrogen (secondary N) is 1. The third-order valence-electron chi connectivity index (χ3n) is 2.55. The molecule has 0 unspecified atom stereocenters. The van der Waals surface area contributed by atoms with E-state index in [-0.39, 0.29) is 0 Å². The number of aromatic nitrogens is 4. The molecule has 0 aliphatic heterocycles. The van der Waals surface area contributed by atoms with Crippen LogP contribution in [0.4, 0.5) is 5.82 Å². The van der Waals surface area contributed by atoms with Crippen molar-refractivity contribution in [3.8, 4) is 0 Å². The van der Waals surface area contributed by atoms with Crippen molar-refractivity contribution < 1.29 is 0 Å². The predicted octanol–water partition coefficient (Wildman–Crippen LogP) is 3.11. The smallest absolute Gasteiger partial charge is 0.194 e. The van der Waals surface area contributed by atoms with Gasteiger partial charge in [-0.2, -0.15) is 0 Å². The van der Waals surface area contributed by atoms with Gasteiger partial charge >= 0.3 is 0 Å². The van der Waals surface area contributed by atoms with Gasteiger partial charge in [-0.3, -0.25) is 0 Å². The van der Waals surface area contributed by atoms with Crippen molar-refractivity contribution >= 4 is 17.6 Å². The number of hydrogen-bond acceptors (Lipinski definition) is 6. The monoisotopic (exact) mass is 289 g/mol. The third-order valence-corrected chi connectivity index (χ3v) is 3.35. The highest BCUT2D eigenvalue weighted by atomic mass is 32.2. The summed E-state index contributed by atoms with van der Waals surface area (Å²) in [6, 6.07) is 3.83. The molecule has 0 saturated carbocycles. The van der Waals surface area contributed by atoms with E-state index in [1.165, 1.54) is 11.8 Å². The molecule has 0 aliphatic rings. The summed E-state index contributed by atoms with van der Waals surface area (Å²) in [7, 11) is 0. The number of aryl methyl sites for hydroxylation is 2. The molecule has 2 rings (SSSR count). The fourth-order valence-corrected chi connectivity index (χ4v) is 2.51. The Hall–Kier alpha value is -1.69. The summed E-state index contributed by atoms with van der Waals surface area (Å²) in [6.07, 6.45) is 3.67. The number of rotatable bonds is 6. The van der Waals surface area contributed by atoms with Crippen LogP contribution < -0.4 is 5.32 Å². The van der Waals surface area contributed by atoms with Crippen molar-refractivity contribution in [2.75, 3.05) is 11.9 Å². The molecule has 0 aromatic carbocycles. The van der Waals surface area contributed by atoms with Crippen molar-refractivity contribution in [1.29, 1.82) is 0 Å². The third kappa shape index (κ3) is 4.16. The quantitative estimate of drug-likeness (QED) is 0.651. The fourth-order valence-electron chi connectivity index (χ4n) is 1.70. The first-order valence-corrected chi connectivity index (χ1v) is 7.62. The Morgan fingerprint density at radius 1 is 1.20 bits per heavy atom. The van der Waals surface area contributed by atoms with Crippen LogP contribution in [0.3, 0.4) is 0 Å². The predicted molar refractivity (Wildman–Crippen MR) is 81.1 cm³/mol. The lowest BCUT2D eigenvalue weighted by atomic mass is 10.3. The molecule has 1 N–H and O–H groups in total. The van der Waals surface area contributed by atoms with Crippen molar-refractivity contribution in [3.05, 3.63) is 29.8 Å². The van der Waals surface area contributed by atoms with Gasteiger partial charge in [0.2, 0.25) is 0 Å². The highest BCUT2D eigenvalue weighted by molar-refractivity contribution is 7.99. The molecule has 0 fully saturated rings. The minimum atomic E-state index is 0.716. The number of hydrogen-bond donors (Lipinski definition) is 1. The summed E-state index contributed by atoms with van der Waals surface area (Å²) < 4.78 is 0. The van der Waals surface area contributed by atoms with E-state index >= 15 is 0 Å². The summed E-state index contributed by atoms with van der Waals surface area (Å²) in [4.78, 5) is 17.7. The standard InChI is InChI=1S/C14H19N5S/c1-4-6-11-18-12(15-5-2)9-13(19-11)20-14-16-8-7-10(3)17-14/h7-9H,4-6H2,1-3H3,(H,15,18,19). The van der Waals surface area contributed by atoms with Crippen LogP contribution in [0.2, 0.25) is 0 Å². The van der Waals surface area contributed by atoms with Gasteiger partial charge < -0.3 is 5.32 Å². The minimum Gasteiger partial charge on any atom is -0.370 e. The lowest BCUT2D eigenvalue weighted by molar-refractivity contribution is 0.808. The lowest BCUT2D eigenvalue weighted by Gasteiger charge is -2.07. The Morgan fingerprint density at radius 2 is 2.05 bits per heavy atom. The van der Waals surface area contributed by atoms with Crippen LogP contribution in [0.15, 0.2) is 28.5 Å². The van der Waals surface area contributed by atoms with Gasteiger partial charge in [0.15, 0.2) is 5.16 Å². The van der Waals surface area contributed by atoms with Crippen molar-refractivity contribution in [2.24, 2.45) is 0 Å². The van der Waals surface area contributed by atoms with E-state index in [1.807, 2.05) is 19.1 Å².